The van der Waals surface area contributed by atoms with Gasteiger partial charge in [-0.1, -0.05) is 6.07 Å². The number of benzene rings is 1. The first kappa shape index (κ1) is 15.1. The minimum atomic E-state index is 0.762. The lowest BCUT2D eigenvalue weighted by atomic mass is 9.98. The maximum Gasteiger partial charge on any atom is 0.141 e. The molecule has 0 aliphatic carbocycles. The van der Waals surface area contributed by atoms with Crippen LogP contribution < -0.4 is 15.4 Å². The lowest BCUT2D eigenvalue weighted by Gasteiger charge is -2.24. The second-order valence-electron chi connectivity index (χ2n) is 5.85. The van der Waals surface area contributed by atoms with Crippen LogP contribution in [0.4, 0.5) is 5.69 Å². The molecule has 20 heavy (non-hydrogen) atoms. The third-order valence-corrected chi connectivity index (χ3v) is 3.80. The summed E-state index contributed by atoms with van der Waals surface area (Å²) >= 11 is 0. The Bertz CT molecular complexity index is 414. The van der Waals surface area contributed by atoms with E-state index in [1.807, 2.05) is 0 Å². The summed E-state index contributed by atoms with van der Waals surface area (Å²) in [5.41, 5.74) is 2.42. The molecular formula is C16H27N3O. The van der Waals surface area contributed by atoms with Crippen LogP contribution in [0.15, 0.2) is 18.2 Å². The number of anilines is 1. The summed E-state index contributed by atoms with van der Waals surface area (Å²) < 4.78 is 5.46. The quantitative estimate of drug-likeness (QED) is 0.835. The third-order valence-electron chi connectivity index (χ3n) is 3.80. The van der Waals surface area contributed by atoms with Gasteiger partial charge < -0.3 is 20.3 Å². The van der Waals surface area contributed by atoms with Gasteiger partial charge >= 0.3 is 0 Å². The average molecular weight is 277 g/mol. The molecular weight excluding hydrogens is 250 g/mol. The number of rotatable bonds is 6. The van der Waals surface area contributed by atoms with Crippen molar-refractivity contribution in [1.29, 1.82) is 0 Å². The van der Waals surface area contributed by atoms with Crippen molar-refractivity contribution < 1.29 is 4.74 Å². The van der Waals surface area contributed by atoms with E-state index in [2.05, 4.69) is 47.8 Å². The molecule has 4 nitrogen and oxygen atoms in total. The molecule has 2 rings (SSSR count). The molecule has 0 atom stereocenters. The highest BCUT2D eigenvalue weighted by Gasteiger charge is 2.13. The van der Waals surface area contributed by atoms with Crippen LogP contribution in [0, 0.1) is 5.92 Å². The van der Waals surface area contributed by atoms with Crippen LogP contribution in [0.3, 0.4) is 0 Å². The maximum atomic E-state index is 5.46. The zero-order valence-electron chi connectivity index (χ0n) is 12.9. The van der Waals surface area contributed by atoms with Crippen LogP contribution in [0.5, 0.6) is 5.75 Å². The molecule has 0 amide bonds. The molecule has 112 valence electrons. The van der Waals surface area contributed by atoms with E-state index in [1.165, 1.54) is 18.4 Å². The van der Waals surface area contributed by atoms with Crippen LogP contribution in [-0.4, -0.2) is 45.7 Å². The fraction of sp³-hybridized carbons (Fsp3) is 0.625. The summed E-state index contributed by atoms with van der Waals surface area (Å²) in [6.07, 6.45) is 2.51. The number of ether oxygens (including phenoxy) is 1. The number of hydrogen-bond acceptors (Lipinski definition) is 4. The van der Waals surface area contributed by atoms with Crippen LogP contribution >= 0.6 is 0 Å². The molecule has 1 aromatic carbocycles. The smallest absolute Gasteiger partial charge is 0.141 e. The fourth-order valence-corrected chi connectivity index (χ4v) is 2.70. The Balaban J connectivity index is 1.99. The zero-order valence-corrected chi connectivity index (χ0v) is 12.9. The van der Waals surface area contributed by atoms with Crippen LogP contribution in [0.2, 0.25) is 0 Å². The van der Waals surface area contributed by atoms with E-state index >= 15 is 0 Å². The molecule has 1 saturated heterocycles. The summed E-state index contributed by atoms with van der Waals surface area (Å²) in [6, 6.07) is 6.40. The Hall–Kier alpha value is -1.26. The van der Waals surface area contributed by atoms with Crippen molar-refractivity contribution in [2.75, 3.05) is 46.2 Å². The van der Waals surface area contributed by atoms with Crippen molar-refractivity contribution in [3.05, 3.63) is 23.8 Å². The van der Waals surface area contributed by atoms with Gasteiger partial charge in [-0.2, -0.15) is 0 Å². The Morgan fingerprint density at radius 2 is 2.05 bits per heavy atom. The van der Waals surface area contributed by atoms with E-state index in [4.69, 9.17) is 4.74 Å². The molecule has 1 aromatic rings. The highest BCUT2D eigenvalue weighted by molar-refractivity contribution is 5.58. The van der Waals surface area contributed by atoms with Crippen LogP contribution in [0.25, 0.3) is 0 Å². The van der Waals surface area contributed by atoms with E-state index in [0.717, 1.165) is 43.5 Å². The van der Waals surface area contributed by atoms with Crippen molar-refractivity contribution in [1.82, 2.24) is 10.2 Å². The van der Waals surface area contributed by atoms with Crippen molar-refractivity contribution >= 4 is 5.69 Å². The van der Waals surface area contributed by atoms with Gasteiger partial charge in [0, 0.05) is 13.1 Å². The van der Waals surface area contributed by atoms with E-state index in [9.17, 15) is 0 Å². The van der Waals surface area contributed by atoms with Gasteiger partial charge in [0.15, 0.2) is 0 Å². The van der Waals surface area contributed by atoms with Crippen molar-refractivity contribution in [2.45, 2.75) is 19.4 Å². The van der Waals surface area contributed by atoms with E-state index in [1.54, 1.807) is 7.11 Å². The highest BCUT2D eigenvalue weighted by atomic mass is 16.5. The Kier molecular flexibility index (Phi) is 5.68. The normalized spacial score (nSPS) is 16.4. The van der Waals surface area contributed by atoms with Gasteiger partial charge in [-0.05, 0) is 63.6 Å². The van der Waals surface area contributed by atoms with Gasteiger partial charge in [-0.25, -0.2) is 0 Å². The molecule has 0 radical (unpaired) electrons. The van der Waals surface area contributed by atoms with Gasteiger partial charge in [0.2, 0.25) is 0 Å². The number of piperidine rings is 1. The molecule has 0 saturated carbocycles. The minimum Gasteiger partial charge on any atom is -0.495 e. The highest BCUT2D eigenvalue weighted by Crippen LogP contribution is 2.26. The summed E-state index contributed by atoms with van der Waals surface area (Å²) in [5, 5.41) is 6.98. The van der Waals surface area contributed by atoms with Crippen molar-refractivity contribution in [3.63, 3.8) is 0 Å². The van der Waals surface area contributed by atoms with E-state index in [0.29, 0.717) is 0 Å². The topological polar surface area (TPSA) is 36.5 Å². The van der Waals surface area contributed by atoms with Gasteiger partial charge in [-0.3, -0.25) is 0 Å². The number of methoxy groups -OCH3 is 1. The predicted molar refractivity (Wildman–Crippen MR) is 84.5 cm³/mol. The summed E-state index contributed by atoms with van der Waals surface area (Å²) in [5.74, 6) is 1.69. The molecule has 0 unspecified atom stereocenters. The Morgan fingerprint density at radius 1 is 1.30 bits per heavy atom. The Morgan fingerprint density at radius 3 is 2.70 bits per heavy atom. The number of hydrogen-bond donors (Lipinski definition) is 2. The predicted octanol–water partition coefficient (Wildman–Crippen LogP) is 2.17. The lowest BCUT2D eigenvalue weighted by molar-refractivity contribution is 0.387. The van der Waals surface area contributed by atoms with Gasteiger partial charge in [0.25, 0.3) is 0 Å². The molecule has 1 heterocycles. The molecule has 4 heteroatoms. The van der Waals surface area contributed by atoms with Gasteiger partial charge in [-0.15, -0.1) is 0 Å². The second kappa shape index (κ2) is 7.50. The number of nitrogens with one attached hydrogen (secondary N) is 2. The van der Waals surface area contributed by atoms with Gasteiger partial charge in [0.1, 0.15) is 5.75 Å². The molecule has 2 N–H and O–H groups in total. The average Bonchev–Trinajstić information content (AvgIpc) is 2.46. The fourth-order valence-electron chi connectivity index (χ4n) is 2.70. The van der Waals surface area contributed by atoms with Crippen LogP contribution in [-0.2, 0) is 6.54 Å². The first-order valence-corrected chi connectivity index (χ1v) is 7.45. The van der Waals surface area contributed by atoms with Crippen molar-refractivity contribution in [2.24, 2.45) is 5.92 Å². The monoisotopic (exact) mass is 277 g/mol. The Labute approximate surface area is 122 Å². The van der Waals surface area contributed by atoms with Crippen LogP contribution in [0.1, 0.15) is 18.4 Å². The molecule has 1 aliphatic heterocycles. The van der Waals surface area contributed by atoms with Crippen molar-refractivity contribution in [3.8, 4) is 5.75 Å². The zero-order chi connectivity index (χ0) is 14.4. The minimum absolute atomic E-state index is 0.762. The summed E-state index contributed by atoms with van der Waals surface area (Å²) in [7, 11) is 5.91. The molecule has 1 aliphatic rings. The standard InChI is InChI=1S/C16H27N3O/c1-19(2)12-14-4-5-16(20-3)15(10-14)18-11-13-6-8-17-9-7-13/h4-5,10,13,17-18H,6-9,11-12H2,1-3H3. The van der Waals surface area contributed by atoms with E-state index in [-0.39, 0.29) is 0 Å². The molecule has 1 fully saturated rings. The summed E-state index contributed by atoms with van der Waals surface area (Å²) in [6.45, 7) is 4.27. The van der Waals surface area contributed by atoms with E-state index < -0.39 is 0 Å². The number of nitrogens with zero attached hydrogens (tertiary/aromatic N) is 1. The SMILES string of the molecule is COc1ccc(CN(C)C)cc1NCC1CCNCC1. The molecule has 0 bridgehead atoms. The van der Waals surface area contributed by atoms with Gasteiger partial charge in [0.05, 0.1) is 12.8 Å². The molecule has 0 spiro atoms. The second-order valence-corrected chi connectivity index (χ2v) is 5.85. The summed E-state index contributed by atoms with van der Waals surface area (Å²) in [4.78, 5) is 2.18. The lowest BCUT2D eigenvalue weighted by Crippen LogP contribution is -2.31. The largest absolute Gasteiger partial charge is 0.495 e. The first-order valence-electron chi connectivity index (χ1n) is 7.45. The first-order chi connectivity index (χ1) is 9.69. The third kappa shape index (κ3) is 4.39. The maximum absolute atomic E-state index is 5.46. The molecule has 0 aromatic heterocycles.